The van der Waals surface area contributed by atoms with Crippen molar-refractivity contribution in [2.24, 2.45) is 0 Å². The number of hydrogen-bond acceptors (Lipinski definition) is 7. The molecule has 0 aliphatic carbocycles. The quantitative estimate of drug-likeness (QED) is 0.231. The second-order valence-electron chi connectivity index (χ2n) is 6.88. The van der Waals surface area contributed by atoms with Gasteiger partial charge in [0.15, 0.2) is 0 Å². The molecule has 8 nitrogen and oxygen atoms in total. The lowest BCUT2D eigenvalue weighted by Gasteiger charge is -2.11. The van der Waals surface area contributed by atoms with E-state index in [2.05, 4.69) is 15.5 Å². The summed E-state index contributed by atoms with van der Waals surface area (Å²) in [5.41, 5.74) is 1.39. The number of anilines is 1. The van der Waals surface area contributed by atoms with Crippen molar-refractivity contribution in [2.45, 2.75) is 5.03 Å². The predicted molar refractivity (Wildman–Crippen MR) is 124 cm³/mol. The number of fused-ring (bicyclic) bond motifs is 1. The van der Waals surface area contributed by atoms with E-state index in [-0.39, 0.29) is 28.9 Å². The van der Waals surface area contributed by atoms with Crippen molar-refractivity contribution in [1.82, 2.24) is 10.2 Å². The topological polar surface area (TPSA) is 107 Å². The highest BCUT2D eigenvalue weighted by molar-refractivity contribution is 8.00. The summed E-state index contributed by atoms with van der Waals surface area (Å²) >= 11 is 1.19. The van der Waals surface area contributed by atoms with E-state index in [0.717, 1.165) is 16.3 Å². The molecule has 4 rings (SSSR count). The van der Waals surface area contributed by atoms with E-state index in [4.69, 9.17) is 4.74 Å². The Morgan fingerprint density at radius 3 is 2.52 bits per heavy atom. The molecule has 0 aliphatic rings. The molecule has 0 unspecified atom stereocenters. The largest absolute Gasteiger partial charge is 0.495 e. The molecule has 1 amide bonds. The first kappa shape index (κ1) is 22.2. The average molecular weight is 464 g/mol. The average Bonchev–Trinajstić information content (AvgIpc) is 2.83. The van der Waals surface area contributed by atoms with E-state index in [9.17, 15) is 19.3 Å². The Kier molecular flexibility index (Phi) is 6.45. The number of benzene rings is 3. The zero-order valence-corrected chi connectivity index (χ0v) is 18.1. The van der Waals surface area contributed by atoms with Crippen molar-refractivity contribution in [3.05, 3.63) is 82.7 Å². The van der Waals surface area contributed by atoms with Crippen molar-refractivity contribution < 1.29 is 18.8 Å². The lowest BCUT2D eigenvalue weighted by Crippen LogP contribution is -2.15. The number of hydrogen-bond donors (Lipinski definition) is 1. The van der Waals surface area contributed by atoms with Gasteiger partial charge >= 0.3 is 0 Å². The lowest BCUT2D eigenvalue weighted by molar-refractivity contribution is -0.384. The van der Waals surface area contributed by atoms with Crippen LogP contribution in [0.15, 0.2) is 71.8 Å². The van der Waals surface area contributed by atoms with Gasteiger partial charge in [0.05, 0.1) is 23.5 Å². The van der Waals surface area contributed by atoms with Crippen LogP contribution in [0.3, 0.4) is 0 Å². The van der Waals surface area contributed by atoms with Crippen LogP contribution in [0.2, 0.25) is 0 Å². The summed E-state index contributed by atoms with van der Waals surface area (Å²) in [5.74, 6) is -0.407. The number of nitrogens with zero attached hydrogens (tertiary/aromatic N) is 3. The van der Waals surface area contributed by atoms with Gasteiger partial charge in [-0.05, 0) is 30.3 Å². The standard InChI is InChI=1S/C23H17FN4O4S/c1-32-20-11-10-16(28(30)31)12-19(20)25-21(29)13-33-23-18-5-3-2-4-17(18)22(26-27-23)14-6-8-15(24)9-7-14/h2-12H,13H2,1H3,(H,25,29). The summed E-state index contributed by atoms with van der Waals surface area (Å²) in [6.45, 7) is 0. The van der Waals surface area contributed by atoms with Gasteiger partial charge in [-0.15, -0.1) is 10.2 Å². The summed E-state index contributed by atoms with van der Waals surface area (Å²) < 4.78 is 18.5. The Labute approximate surface area is 191 Å². The number of non-ortho nitro benzene ring substituents is 1. The Balaban J connectivity index is 1.55. The highest BCUT2D eigenvalue weighted by atomic mass is 32.2. The molecule has 0 spiro atoms. The Bertz CT molecular complexity index is 1350. The van der Waals surface area contributed by atoms with Crippen LogP contribution in [-0.4, -0.2) is 33.9 Å². The van der Waals surface area contributed by atoms with Crippen LogP contribution in [0.4, 0.5) is 15.8 Å². The first-order valence-electron chi connectivity index (χ1n) is 9.72. The van der Waals surface area contributed by atoms with Crippen LogP contribution >= 0.6 is 11.8 Å². The van der Waals surface area contributed by atoms with E-state index in [0.29, 0.717) is 16.5 Å². The molecular weight excluding hydrogens is 447 g/mol. The van der Waals surface area contributed by atoms with Gasteiger partial charge in [-0.1, -0.05) is 36.0 Å². The SMILES string of the molecule is COc1ccc([N+](=O)[O-])cc1NC(=O)CSc1nnc(-c2ccc(F)cc2)c2ccccc12. The van der Waals surface area contributed by atoms with Gasteiger partial charge in [0.25, 0.3) is 5.69 Å². The Morgan fingerprint density at radius 2 is 1.82 bits per heavy atom. The summed E-state index contributed by atoms with van der Waals surface area (Å²) in [7, 11) is 1.41. The molecule has 0 aliphatic heterocycles. The van der Waals surface area contributed by atoms with Crippen LogP contribution in [0, 0.1) is 15.9 Å². The molecule has 0 saturated heterocycles. The summed E-state index contributed by atoms with van der Waals surface area (Å²) in [6.07, 6.45) is 0. The number of methoxy groups -OCH3 is 1. The molecule has 0 fully saturated rings. The summed E-state index contributed by atoms with van der Waals surface area (Å²) in [4.78, 5) is 23.0. The molecule has 166 valence electrons. The molecule has 0 saturated carbocycles. The minimum atomic E-state index is -0.547. The number of ether oxygens (including phenoxy) is 1. The maximum absolute atomic E-state index is 13.3. The Morgan fingerprint density at radius 1 is 1.09 bits per heavy atom. The summed E-state index contributed by atoms with van der Waals surface area (Å²) in [5, 5.41) is 24.4. The third kappa shape index (κ3) is 4.90. The highest BCUT2D eigenvalue weighted by Crippen LogP contribution is 2.33. The van der Waals surface area contributed by atoms with Crippen LogP contribution < -0.4 is 10.1 Å². The molecule has 1 N–H and O–H groups in total. The van der Waals surface area contributed by atoms with E-state index in [1.807, 2.05) is 24.3 Å². The maximum atomic E-state index is 13.3. The van der Waals surface area contributed by atoms with Crippen LogP contribution in [0.5, 0.6) is 5.75 Å². The van der Waals surface area contributed by atoms with Crippen molar-refractivity contribution in [2.75, 3.05) is 18.2 Å². The van der Waals surface area contributed by atoms with Crippen LogP contribution in [0.1, 0.15) is 0 Å². The zero-order valence-electron chi connectivity index (χ0n) is 17.3. The third-order valence-corrected chi connectivity index (χ3v) is 5.76. The fraction of sp³-hybridized carbons (Fsp3) is 0.0870. The fourth-order valence-electron chi connectivity index (χ4n) is 3.23. The van der Waals surface area contributed by atoms with Crippen molar-refractivity contribution in [1.29, 1.82) is 0 Å². The maximum Gasteiger partial charge on any atom is 0.271 e. The number of carbonyl (C=O) groups is 1. The van der Waals surface area contributed by atoms with Gasteiger partial charge in [0.2, 0.25) is 5.91 Å². The van der Waals surface area contributed by atoms with Crippen LogP contribution in [-0.2, 0) is 4.79 Å². The van der Waals surface area contributed by atoms with Gasteiger partial charge in [0, 0.05) is 28.5 Å². The number of nitro groups is 1. The number of thioether (sulfide) groups is 1. The summed E-state index contributed by atoms with van der Waals surface area (Å²) in [6, 6.07) is 17.5. The number of rotatable bonds is 7. The van der Waals surface area contributed by atoms with Gasteiger partial charge < -0.3 is 10.1 Å². The molecule has 1 heterocycles. The van der Waals surface area contributed by atoms with Gasteiger partial charge in [-0.3, -0.25) is 14.9 Å². The number of aromatic nitrogens is 2. The van der Waals surface area contributed by atoms with E-state index < -0.39 is 4.92 Å². The molecule has 10 heteroatoms. The third-order valence-electron chi connectivity index (χ3n) is 4.78. The molecule has 0 atom stereocenters. The van der Waals surface area contributed by atoms with E-state index in [1.54, 1.807) is 12.1 Å². The second-order valence-corrected chi connectivity index (χ2v) is 7.85. The number of halogens is 1. The van der Waals surface area contributed by atoms with Gasteiger partial charge in [-0.2, -0.15) is 0 Å². The van der Waals surface area contributed by atoms with Crippen LogP contribution in [0.25, 0.3) is 22.0 Å². The highest BCUT2D eigenvalue weighted by Gasteiger charge is 2.16. The molecule has 1 aromatic heterocycles. The molecule has 0 radical (unpaired) electrons. The first-order valence-corrected chi connectivity index (χ1v) is 10.7. The smallest absolute Gasteiger partial charge is 0.271 e. The number of carbonyl (C=O) groups excluding carboxylic acids is 1. The zero-order chi connectivity index (χ0) is 23.4. The fourth-order valence-corrected chi connectivity index (χ4v) is 4.01. The normalized spacial score (nSPS) is 10.7. The molecule has 3 aromatic carbocycles. The second kappa shape index (κ2) is 9.61. The number of nitrogens with one attached hydrogen (secondary N) is 1. The van der Waals surface area contributed by atoms with Gasteiger partial charge in [0.1, 0.15) is 22.3 Å². The van der Waals surface area contributed by atoms with E-state index >= 15 is 0 Å². The minimum Gasteiger partial charge on any atom is -0.495 e. The predicted octanol–water partition coefficient (Wildman–Crippen LogP) is 5.08. The Hall–Kier alpha value is -4.05. The minimum absolute atomic E-state index is 0.000412. The van der Waals surface area contributed by atoms with Crippen molar-refractivity contribution >= 4 is 39.8 Å². The van der Waals surface area contributed by atoms with Gasteiger partial charge in [-0.25, -0.2) is 4.39 Å². The number of nitro benzene ring substituents is 1. The molecular formula is C23H17FN4O4S. The van der Waals surface area contributed by atoms with E-state index in [1.165, 1.54) is 49.2 Å². The molecule has 0 bridgehead atoms. The molecule has 33 heavy (non-hydrogen) atoms. The number of amides is 1. The monoisotopic (exact) mass is 464 g/mol. The first-order chi connectivity index (χ1) is 16.0. The molecule has 4 aromatic rings. The lowest BCUT2D eigenvalue weighted by atomic mass is 10.1. The van der Waals surface area contributed by atoms with Crippen molar-refractivity contribution in [3.63, 3.8) is 0 Å². The van der Waals surface area contributed by atoms with Crippen molar-refractivity contribution in [3.8, 4) is 17.0 Å².